The number of piperazine rings is 1. The molecule has 1 aromatic carbocycles. The lowest BCUT2D eigenvalue weighted by Crippen LogP contribution is -2.48. The van der Waals surface area contributed by atoms with E-state index >= 15 is 0 Å². The molecule has 1 aromatic rings. The van der Waals surface area contributed by atoms with Gasteiger partial charge in [-0.25, -0.2) is 4.39 Å². The molecule has 35 heavy (non-hydrogen) atoms. The van der Waals surface area contributed by atoms with Crippen LogP contribution in [0.25, 0.3) is 0 Å². The molecule has 2 rings (SSSR count). The fraction of sp³-hybridized carbons (Fsp3) is 0.296. The second-order valence-corrected chi connectivity index (χ2v) is 7.83. The number of benzene rings is 1. The Bertz CT molecular complexity index is 1060. The number of likely N-dealkylation sites (N-methyl/N-ethyl adjacent to an activating group) is 1. The molecule has 0 unspecified atom stereocenters. The average molecular weight is 499 g/mol. The molecule has 0 saturated carbocycles. The molecule has 0 aliphatic carbocycles. The molecule has 8 heteroatoms. The van der Waals surface area contributed by atoms with Crippen LogP contribution in [0.4, 0.5) is 4.39 Å². The van der Waals surface area contributed by atoms with Crippen LogP contribution in [0.15, 0.2) is 83.7 Å². The zero-order valence-corrected chi connectivity index (χ0v) is 21.5. The fourth-order valence-corrected chi connectivity index (χ4v) is 3.24. The number of carbonyl (C=O) groups is 2. The minimum atomic E-state index is -0.482. The molecule has 0 spiro atoms. The highest BCUT2D eigenvalue weighted by atomic mass is 35.5. The largest absolute Gasteiger partial charge is 0.367 e. The first-order chi connectivity index (χ1) is 16.7. The van der Waals surface area contributed by atoms with E-state index in [9.17, 15) is 19.2 Å². The maximum absolute atomic E-state index is 13.1. The van der Waals surface area contributed by atoms with Crippen molar-refractivity contribution in [3.05, 3.63) is 95.1 Å². The number of hydrogen-bond acceptors (Lipinski definition) is 4. The normalized spacial score (nSPS) is 14.4. The van der Waals surface area contributed by atoms with Crippen LogP contribution in [0.2, 0.25) is 0 Å². The second-order valence-electron chi connectivity index (χ2n) is 7.37. The highest BCUT2D eigenvalue weighted by molar-refractivity contribution is 6.31. The highest BCUT2D eigenvalue weighted by Gasteiger charge is 2.26. The summed E-state index contributed by atoms with van der Waals surface area (Å²) in [6, 6.07) is 7.40. The molecule has 186 valence electrons. The maximum atomic E-state index is 13.1. The lowest BCUT2D eigenvalue weighted by atomic mass is 10.1. The minimum absolute atomic E-state index is 0.0436. The number of carbonyl (C=O) groups excluding carboxylic acids is 2. The topological polar surface area (TPSA) is 67.7 Å². The lowest BCUT2D eigenvalue weighted by Gasteiger charge is -2.37. The molecule has 1 heterocycles. The van der Waals surface area contributed by atoms with E-state index in [1.807, 2.05) is 24.8 Å². The first kappa shape index (κ1) is 29.4. The van der Waals surface area contributed by atoms with Gasteiger partial charge in [0.2, 0.25) is 0 Å². The number of halogens is 2. The van der Waals surface area contributed by atoms with Gasteiger partial charge in [0, 0.05) is 50.0 Å². The SMILES string of the molecule is C=C/C(=C(/C#N)C(=O)N(C)/C=C/C=C(/C)C(=C)Cl)N1CCN(C(=O)c2ccc(F)cc2)CC1.CC. The van der Waals surface area contributed by atoms with E-state index in [0.29, 0.717) is 42.5 Å². The van der Waals surface area contributed by atoms with Gasteiger partial charge in [0.25, 0.3) is 11.8 Å². The third-order valence-electron chi connectivity index (χ3n) is 5.18. The van der Waals surface area contributed by atoms with Gasteiger partial charge in [-0.15, -0.1) is 0 Å². The van der Waals surface area contributed by atoms with Crippen molar-refractivity contribution in [3.63, 3.8) is 0 Å². The molecule has 1 aliphatic heterocycles. The van der Waals surface area contributed by atoms with Crippen LogP contribution < -0.4 is 0 Å². The van der Waals surface area contributed by atoms with Gasteiger partial charge in [0.1, 0.15) is 17.5 Å². The molecule has 2 amide bonds. The van der Waals surface area contributed by atoms with E-state index in [4.69, 9.17) is 11.6 Å². The van der Waals surface area contributed by atoms with Crippen LogP contribution in [0.3, 0.4) is 0 Å². The Morgan fingerprint density at radius 1 is 1.14 bits per heavy atom. The molecule has 1 fully saturated rings. The molecule has 0 radical (unpaired) electrons. The van der Waals surface area contributed by atoms with Crippen molar-refractivity contribution in [2.24, 2.45) is 0 Å². The zero-order chi connectivity index (χ0) is 26.5. The first-order valence-electron chi connectivity index (χ1n) is 11.2. The summed E-state index contributed by atoms with van der Waals surface area (Å²) < 4.78 is 13.1. The Morgan fingerprint density at radius 2 is 1.69 bits per heavy atom. The number of allylic oxidation sites excluding steroid dienone is 5. The van der Waals surface area contributed by atoms with E-state index in [-0.39, 0.29) is 11.5 Å². The smallest absolute Gasteiger partial charge is 0.270 e. The van der Waals surface area contributed by atoms with Gasteiger partial charge in [0.05, 0.1) is 5.70 Å². The van der Waals surface area contributed by atoms with Crippen LogP contribution in [0, 0.1) is 17.1 Å². The molecule has 0 bridgehead atoms. The molecule has 6 nitrogen and oxygen atoms in total. The van der Waals surface area contributed by atoms with Crippen LogP contribution in [0.5, 0.6) is 0 Å². The number of amides is 2. The Morgan fingerprint density at radius 3 is 2.17 bits per heavy atom. The summed E-state index contributed by atoms with van der Waals surface area (Å²) in [5.41, 5.74) is 1.53. The lowest BCUT2D eigenvalue weighted by molar-refractivity contribution is -0.123. The highest BCUT2D eigenvalue weighted by Crippen LogP contribution is 2.18. The van der Waals surface area contributed by atoms with Crippen molar-refractivity contribution in [1.29, 1.82) is 5.26 Å². The molecule has 1 aliphatic rings. The summed E-state index contributed by atoms with van der Waals surface area (Å²) in [4.78, 5) is 30.3. The monoisotopic (exact) mass is 498 g/mol. The summed E-state index contributed by atoms with van der Waals surface area (Å²) in [5.74, 6) is -1.08. The van der Waals surface area contributed by atoms with Gasteiger partial charge in [-0.1, -0.05) is 44.7 Å². The molecular weight excluding hydrogens is 467 g/mol. The average Bonchev–Trinajstić information content (AvgIpc) is 2.88. The Hall–Kier alpha value is -3.63. The summed E-state index contributed by atoms with van der Waals surface area (Å²) in [7, 11) is 1.55. The van der Waals surface area contributed by atoms with E-state index in [2.05, 4.69) is 13.2 Å². The van der Waals surface area contributed by atoms with Crippen LogP contribution in [0.1, 0.15) is 31.1 Å². The molecule has 1 saturated heterocycles. The summed E-state index contributed by atoms with van der Waals surface area (Å²) in [6.07, 6.45) is 6.36. The molecular formula is C27H32ClFN4O2. The third-order valence-corrected chi connectivity index (χ3v) is 5.48. The van der Waals surface area contributed by atoms with Crippen molar-refractivity contribution in [2.45, 2.75) is 20.8 Å². The predicted octanol–water partition coefficient (Wildman–Crippen LogP) is 5.24. The van der Waals surface area contributed by atoms with Crippen LogP contribution in [-0.2, 0) is 4.79 Å². The standard InChI is InChI=1S/C25H26ClFN4O2.C2H6/c1-5-23(22(17-28)25(33)29(4)12-6-7-18(2)19(3)26)30-13-15-31(16-14-30)24(32)20-8-10-21(27)11-9-20;1-2/h5-12H,1,3,13-16H2,2,4H3;1-2H3/b12-6+,18-7-,23-22+;. The van der Waals surface area contributed by atoms with Crippen molar-refractivity contribution in [3.8, 4) is 6.07 Å². The Labute approximate surface area is 212 Å². The van der Waals surface area contributed by atoms with E-state index in [1.54, 1.807) is 31.0 Å². The summed E-state index contributed by atoms with van der Waals surface area (Å²) in [5, 5.41) is 10.1. The number of nitrogens with zero attached hydrogens (tertiary/aromatic N) is 4. The number of rotatable bonds is 7. The summed E-state index contributed by atoms with van der Waals surface area (Å²) >= 11 is 5.81. The van der Waals surface area contributed by atoms with Crippen LogP contribution in [-0.4, -0.2) is 59.7 Å². The van der Waals surface area contributed by atoms with E-state index in [1.165, 1.54) is 41.4 Å². The van der Waals surface area contributed by atoms with Crippen molar-refractivity contribution in [1.82, 2.24) is 14.7 Å². The maximum Gasteiger partial charge on any atom is 0.270 e. The van der Waals surface area contributed by atoms with Gasteiger partial charge in [-0.3, -0.25) is 9.59 Å². The quantitative estimate of drug-likeness (QED) is 0.293. The Balaban J connectivity index is 0.00000298. The zero-order valence-electron chi connectivity index (χ0n) is 20.7. The predicted molar refractivity (Wildman–Crippen MR) is 139 cm³/mol. The van der Waals surface area contributed by atoms with Gasteiger partial charge >= 0.3 is 0 Å². The molecule has 0 N–H and O–H groups in total. The van der Waals surface area contributed by atoms with Crippen molar-refractivity contribution >= 4 is 23.4 Å². The molecule has 0 aromatic heterocycles. The number of hydrogen-bond donors (Lipinski definition) is 0. The van der Waals surface area contributed by atoms with E-state index < -0.39 is 11.7 Å². The third kappa shape index (κ3) is 8.27. The molecule has 0 atom stereocenters. The van der Waals surface area contributed by atoms with Gasteiger partial charge in [-0.05, 0) is 48.9 Å². The van der Waals surface area contributed by atoms with Gasteiger partial charge < -0.3 is 14.7 Å². The van der Waals surface area contributed by atoms with Crippen molar-refractivity contribution in [2.75, 3.05) is 33.2 Å². The number of nitriles is 1. The Kier molecular flexibility index (Phi) is 12.3. The minimum Gasteiger partial charge on any atom is -0.367 e. The van der Waals surface area contributed by atoms with Gasteiger partial charge in [-0.2, -0.15) is 5.26 Å². The van der Waals surface area contributed by atoms with Crippen molar-refractivity contribution < 1.29 is 14.0 Å². The summed E-state index contributed by atoms with van der Waals surface area (Å²) in [6.45, 7) is 14.8. The fourth-order valence-electron chi connectivity index (χ4n) is 3.18. The second kappa shape index (κ2) is 14.6. The van der Waals surface area contributed by atoms with Crippen LogP contribution >= 0.6 is 11.6 Å². The van der Waals surface area contributed by atoms with E-state index in [0.717, 1.165) is 5.57 Å². The van der Waals surface area contributed by atoms with Gasteiger partial charge in [0.15, 0.2) is 0 Å². The first-order valence-corrected chi connectivity index (χ1v) is 11.6.